The third-order valence-electron chi connectivity index (χ3n) is 6.49. The Morgan fingerprint density at radius 3 is 1.68 bits per heavy atom. The van der Waals surface area contributed by atoms with Crippen molar-refractivity contribution in [3.63, 3.8) is 0 Å². The number of carboxylic acid groups (broad SMARTS) is 1. The van der Waals surface area contributed by atoms with Crippen molar-refractivity contribution in [3.05, 3.63) is 12.2 Å². The number of ether oxygens (including phenoxy) is 1. The van der Waals surface area contributed by atoms with Crippen LogP contribution in [0, 0.1) is 0 Å². The molecule has 0 bridgehead atoms. The first-order valence-corrected chi connectivity index (χ1v) is 14.7. The van der Waals surface area contributed by atoms with Crippen LogP contribution in [0.4, 0.5) is 0 Å². The van der Waals surface area contributed by atoms with Gasteiger partial charge in [0.2, 0.25) is 0 Å². The number of carbonyl (C=O) groups is 2. The maximum absolute atomic E-state index is 12.3. The molecular formula is C30H56O4. The zero-order valence-corrected chi connectivity index (χ0v) is 22.7. The van der Waals surface area contributed by atoms with Gasteiger partial charge in [0.1, 0.15) is 6.10 Å². The average molecular weight is 481 g/mol. The molecule has 0 aliphatic carbocycles. The van der Waals surface area contributed by atoms with E-state index in [0.29, 0.717) is 12.8 Å². The van der Waals surface area contributed by atoms with Crippen molar-refractivity contribution >= 4 is 11.9 Å². The average Bonchev–Trinajstić information content (AvgIpc) is 2.81. The van der Waals surface area contributed by atoms with E-state index in [1.54, 1.807) is 0 Å². The van der Waals surface area contributed by atoms with Crippen LogP contribution in [0.1, 0.15) is 162 Å². The van der Waals surface area contributed by atoms with Crippen molar-refractivity contribution < 1.29 is 19.4 Å². The summed E-state index contributed by atoms with van der Waals surface area (Å²) in [7, 11) is 0. The minimum Gasteiger partial charge on any atom is -0.481 e. The number of rotatable bonds is 26. The van der Waals surface area contributed by atoms with Crippen molar-refractivity contribution in [2.75, 3.05) is 0 Å². The molecule has 1 N–H and O–H groups in total. The van der Waals surface area contributed by atoms with E-state index in [4.69, 9.17) is 9.84 Å². The first kappa shape index (κ1) is 32.7. The number of carboxylic acids is 1. The van der Waals surface area contributed by atoms with Crippen LogP contribution in [0.3, 0.4) is 0 Å². The summed E-state index contributed by atoms with van der Waals surface area (Å²) in [5.41, 5.74) is 0. The van der Waals surface area contributed by atoms with E-state index in [2.05, 4.69) is 26.0 Å². The molecular weight excluding hydrogens is 424 g/mol. The Morgan fingerprint density at radius 1 is 0.618 bits per heavy atom. The summed E-state index contributed by atoms with van der Waals surface area (Å²) < 4.78 is 5.84. The van der Waals surface area contributed by atoms with Crippen molar-refractivity contribution in [3.8, 4) is 0 Å². The Labute approximate surface area is 211 Å². The third-order valence-corrected chi connectivity index (χ3v) is 6.49. The van der Waals surface area contributed by atoms with E-state index in [1.165, 1.54) is 70.6 Å². The lowest BCUT2D eigenvalue weighted by atomic mass is 10.0. The van der Waals surface area contributed by atoms with Crippen LogP contribution < -0.4 is 0 Å². The van der Waals surface area contributed by atoms with E-state index in [-0.39, 0.29) is 12.1 Å². The molecule has 4 nitrogen and oxygen atoms in total. The monoisotopic (exact) mass is 480 g/mol. The maximum Gasteiger partial charge on any atom is 0.306 e. The van der Waals surface area contributed by atoms with E-state index in [0.717, 1.165) is 64.2 Å². The molecule has 0 amide bonds. The van der Waals surface area contributed by atoms with Crippen LogP contribution in [-0.4, -0.2) is 23.1 Å². The largest absolute Gasteiger partial charge is 0.481 e. The molecule has 0 rings (SSSR count). The molecule has 4 heteroatoms. The number of allylic oxidation sites excluding steroid dienone is 2. The third kappa shape index (κ3) is 25.3. The number of esters is 1. The maximum atomic E-state index is 12.3. The van der Waals surface area contributed by atoms with Gasteiger partial charge in [-0.3, -0.25) is 9.59 Å². The molecule has 200 valence electrons. The molecule has 0 aliphatic rings. The van der Waals surface area contributed by atoms with Crippen LogP contribution in [0.15, 0.2) is 12.2 Å². The standard InChI is InChI=1S/C30H56O4/c1-3-5-7-8-9-10-11-12-17-20-23-27-30(33)34-28(24-6-4-2)25-21-18-15-13-14-16-19-22-26-29(31)32/h8-9,28H,3-7,10-27H2,1-2H3,(H,31,32)/b9-8-. The Balaban J connectivity index is 3.73. The van der Waals surface area contributed by atoms with Gasteiger partial charge >= 0.3 is 11.9 Å². The van der Waals surface area contributed by atoms with Gasteiger partial charge in [-0.15, -0.1) is 0 Å². The Hall–Kier alpha value is -1.32. The van der Waals surface area contributed by atoms with Gasteiger partial charge in [0.25, 0.3) is 0 Å². The summed E-state index contributed by atoms with van der Waals surface area (Å²) in [6, 6.07) is 0. The lowest BCUT2D eigenvalue weighted by Crippen LogP contribution is -2.18. The van der Waals surface area contributed by atoms with Gasteiger partial charge < -0.3 is 9.84 Å². The summed E-state index contributed by atoms with van der Waals surface area (Å²) >= 11 is 0. The zero-order chi connectivity index (χ0) is 25.1. The molecule has 1 atom stereocenters. The van der Waals surface area contributed by atoms with Gasteiger partial charge in [0, 0.05) is 12.8 Å². The van der Waals surface area contributed by atoms with Gasteiger partial charge in [0.15, 0.2) is 0 Å². The summed E-state index contributed by atoms with van der Waals surface area (Å²) in [6.07, 6.45) is 29.6. The quantitative estimate of drug-likeness (QED) is 0.0760. The number of hydrogen-bond donors (Lipinski definition) is 1. The first-order valence-electron chi connectivity index (χ1n) is 14.7. The normalized spacial score (nSPS) is 12.3. The summed E-state index contributed by atoms with van der Waals surface area (Å²) in [6.45, 7) is 4.42. The lowest BCUT2D eigenvalue weighted by Gasteiger charge is -2.18. The minimum absolute atomic E-state index is 0.00122. The van der Waals surface area contributed by atoms with Gasteiger partial charge in [-0.2, -0.15) is 0 Å². The molecule has 0 spiro atoms. The predicted molar refractivity (Wildman–Crippen MR) is 144 cm³/mol. The Morgan fingerprint density at radius 2 is 1.09 bits per heavy atom. The van der Waals surface area contributed by atoms with E-state index < -0.39 is 5.97 Å². The van der Waals surface area contributed by atoms with Crippen LogP contribution in [0.5, 0.6) is 0 Å². The van der Waals surface area contributed by atoms with Crippen molar-refractivity contribution in [2.45, 2.75) is 168 Å². The highest BCUT2D eigenvalue weighted by Crippen LogP contribution is 2.17. The minimum atomic E-state index is -0.685. The summed E-state index contributed by atoms with van der Waals surface area (Å²) in [5.74, 6) is -0.684. The van der Waals surface area contributed by atoms with Crippen LogP contribution in [-0.2, 0) is 14.3 Å². The number of hydrogen-bond acceptors (Lipinski definition) is 3. The van der Waals surface area contributed by atoms with Crippen LogP contribution >= 0.6 is 0 Å². The summed E-state index contributed by atoms with van der Waals surface area (Å²) in [5, 5.41) is 8.65. The second-order valence-electron chi connectivity index (χ2n) is 9.94. The van der Waals surface area contributed by atoms with Gasteiger partial charge in [-0.1, -0.05) is 109 Å². The fourth-order valence-electron chi connectivity index (χ4n) is 4.27. The number of aliphatic carboxylic acids is 1. The topological polar surface area (TPSA) is 63.6 Å². The second-order valence-corrected chi connectivity index (χ2v) is 9.94. The molecule has 0 aromatic rings. The molecule has 0 aromatic heterocycles. The molecule has 0 heterocycles. The molecule has 34 heavy (non-hydrogen) atoms. The zero-order valence-electron chi connectivity index (χ0n) is 22.7. The van der Waals surface area contributed by atoms with Crippen molar-refractivity contribution in [1.82, 2.24) is 0 Å². The van der Waals surface area contributed by atoms with Crippen molar-refractivity contribution in [1.29, 1.82) is 0 Å². The SMILES string of the molecule is CCCC/C=C\CCCCCCCC(=O)OC(CCCC)CCCCCCCCCCC(=O)O. The highest BCUT2D eigenvalue weighted by molar-refractivity contribution is 5.69. The van der Waals surface area contributed by atoms with Gasteiger partial charge in [-0.05, 0) is 51.4 Å². The summed E-state index contributed by atoms with van der Waals surface area (Å²) in [4.78, 5) is 22.8. The fourth-order valence-corrected chi connectivity index (χ4v) is 4.27. The Bertz CT molecular complexity index is 486. The lowest BCUT2D eigenvalue weighted by molar-refractivity contribution is -0.150. The highest BCUT2D eigenvalue weighted by atomic mass is 16.5. The highest BCUT2D eigenvalue weighted by Gasteiger charge is 2.13. The van der Waals surface area contributed by atoms with Crippen LogP contribution in [0.2, 0.25) is 0 Å². The smallest absolute Gasteiger partial charge is 0.306 e. The number of unbranched alkanes of at least 4 members (excludes halogenated alkanes) is 15. The molecule has 0 radical (unpaired) electrons. The van der Waals surface area contributed by atoms with Crippen molar-refractivity contribution in [2.24, 2.45) is 0 Å². The molecule has 0 aromatic carbocycles. The van der Waals surface area contributed by atoms with Gasteiger partial charge in [-0.25, -0.2) is 0 Å². The van der Waals surface area contributed by atoms with Gasteiger partial charge in [0.05, 0.1) is 0 Å². The van der Waals surface area contributed by atoms with Crippen LogP contribution in [0.25, 0.3) is 0 Å². The predicted octanol–water partition coefficient (Wildman–Crippen LogP) is 9.55. The molecule has 1 unspecified atom stereocenters. The molecule has 0 saturated carbocycles. The second kappa shape index (κ2) is 26.3. The number of carbonyl (C=O) groups excluding carboxylic acids is 1. The molecule has 0 fully saturated rings. The molecule has 0 aliphatic heterocycles. The fraction of sp³-hybridized carbons (Fsp3) is 0.867. The first-order chi connectivity index (χ1) is 16.6. The molecule has 0 saturated heterocycles. The van der Waals surface area contributed by atoms with E-state index in [9.17, 15) is 9.59 Å². The Kier molecular flexibility index (Phi) is 25.3. The van der Waals surface area contributed by atoms with E-state index >= 15 is 0 Å². The van der Waals surface area contributed by atoms with E-state index in [1.807, 2.05) is 0 Å².